The molecule has 0 aliphatic carbocycles. The fourth-order valence-corrected chi connectivity index (χ4v) is 5.47. The van der Waals surface area contributed by atoms with Crippen molar-refractivity contribution in [3.63, 3.8) is 0 Å². The van der Waals surface area contributed by atoms with Crippen molar-refractivity contribution in [3.8, 4) is 0 Å². The average molecular weight is 614 g/mol. The second-order valence-corrected chi connectivity index (χ2v) is 11.4. The summed E-state index contributed by atoms with van der Waals surface area (Å²) < 4.78 is 0. The monoisotopic (exact) mass is 613 g/mol. The molecule has 3 atom stereocenters. The third kappa shape index (κ3) is 9.54. The largest absolute Gasteiger partial charge is 0.397 e. The summed E-state index contributed by atoms with van der Waals surface area (Å²) in [5.74, 6) is -1.24. The Balaban J connectivity index is 1.34. The topological polar surface area (TPSA) is 186 Å². The fraction of sp³-hybridized carbons (Fsp3) is 0.353. The molecule has 4 rings (SSSR count). The van der Waals surface area contributed by atoms with Crippen LogP contribution >= 0.6 is 0 Å². The second-order valence-electron chi connectivity index (χ2n) is 11.4. The van der Waals surface area contributed by atoms with Gasteiger partial charge in [0.15, 0.2) is 0 Å². The van der Waals surface area contributed by atoms with Crippen LogP contribution < -0.4 is 33.2 Å². The normalized spacial score (nSPS) is 15.6. The van der Waals surface area contributed by atoms with E-state index in [1.807, 2.05) is 30.3 Å². The number of nitrogen functional groups attached to an aromatic ring is 2. The molecule has 1 aliphatic rings. The minimum absolute atomic E-state index is 0.147. The molecule has 11 nitrogen and oxygen atoms in total. The Morgan fingerprint density at radius 2 is 1.42 bits per heavy atom. The second kappa shape index (κ2) is 16.2. The Morgan fingerprint density at radius 3 is 2.09 bits per heavy atom. The Morgan fingerprint density at radius 1 is 0.800 bits per heavy atom. The lowest BCUT2D eigenvalue weighted by Crippen LogP contribution is -2.54. The maximum absolute atomic E-state index is 13.5. The van der Waals surface area contributed by atoms with Crippen molar-refractivity contribution in [2.75, 3.05) is 28.6 Å². The van der Waals surface area contributed by atoms with Gasteiger partial charge in [-0.15, -0.1) is 0 Å². The van der Waals surface area contributed by atoms with E-state index < -0.39 is 29.9 Å². The Kier molecular flexibility index (Phi) is 11.9. The van der Waals surface area contributed by atoms with E-state index in [4.69, 9.17) is 17.2 Å². The van der Waals surface area contributed by atoms with Crippen LogP contribution in [0.3, 0.4) is 0 Å². The standard InChI is InChI=1S/C34H43N7O4/c35-24-14-7-9-16-27(24)38-31(42)20-6-2-5-18-29(32(43)39-28-17-10-8-15-25(28)36)40-33(44)30-19-11-21-41(30)34(45)26(37)22-23-12-3-1-4-13-23/h1,3-4,7-10,12-17,26,29-30H,2,5-6,11,18-22,35-37H2,(H,38,42)(H,39,43)(H,40,44)/t26-,29-,30-/m0/s1. The smallest absolute Gasteiger partial charge is 0.247 e. The minimum atomic E-state index is -0.870. The fourth-order valence-electron chi connectivity index (χ4n) is 5.47. The highest BCUT2D eigenvalue weighted by Gasteiger charge is 2.37. The number of nitrogens with two attached hydrogens (primary N) is 3. The van der Waals surface area contributed by atoms with Gasteiger partial charge in [-0.1, -0.05) is 67.4 Å². The van der Waals surface area contributed by atoms with Gasteiger partial charge in [-0.05, 0) is 61.9 Å². The maximum atomic E-state index is 13.5. The number of rotatable bonds is 14. The quantitative estimate of drug-likeness (QED) is 0.119. The van der Waals surface area contributed by atoms with Gasteiger partial charge in [0.25, 0.3) is 0 Å². The van der Waals surface area contributed by atoms with E-state index in [1.165, 1.54) is 4.90 Å². The van der Waals surface area contributed by atoms with Gasteiger partial charge >= 0.3 is 0 Å². The molecule has 1 saturated heterocycles. The molecule has 0 aromatic heterocycles. The van der Waals surface area contributed by atoms with Gasteiger partial charge in [-0.2, -0.15) is 0 Å². The van der Waals surface area contributed by atoms with E-state index in [2.05, 4.69) is 16.0 Å². The van der Waals surface area contributed by atoms with E-state index in [0.29, 0.717) is 80.7 Å². The number of benzene rings is 3. The van der Waals surface area contributed by atoms with Crippen molar-refractivity contribution in [2.24, 2.45) is 5.73 Å². The Hall–Kier alpha value is -4.90. The number of nitrogens with zero attached hydrogens (tertiary/aromatic N) is 1. The molecule has 1 aliphatic heterocycles. The Bertz CT molecular complexity index is 1470. The van der Waals surface area contributed by atoms with Gasteiger partial charge in [0.1, 0.15) is 12.1 Å². The molecule has 11 heteroatoms. The van der Waals surface area contributed by atoms with Crippen LogP contribution in [0.2, 0.25) is 0 Å². The summed E-state index contributed by atoms with van der Waals surface area (Å²) in [4.78, 5) is 54.1. The highest BCUT2D eigenvalue weighted by Crippen LogP contribution is 2.22. The number of hydrogen-bond acceptors (Lipinski definition) is 7. The number of carbonyl (C=O) groups excluding carboxylic acids is 4. The number of hydrogen-bond donors (Lipinski definition) is 6. The molecule has 3 aromatic rings. The number of likely N-dealkylation sites (tertiary alicyclic amines) is 1. The summed E-state index contributed by atoms with van der Waals surface area (Å²) in [5, 5.41) is 8.53. The zero-order valence-corrected chi connectivity index (χ0v) is 25.4. The summed E-state index contributed by atoms with van der Waals surface area (Å²) >= 11 is 0. The third-order valence-electron chi connectivity index (χ3n) is 7.94. The van der Waals surface area contributed by atoms with Crippen LogP contribution in [0.15, 0.2) is 78.9 Å². The molecule has 0 unspecified atom stereocenters. The first-order valence-electron chi connectivity index (χ1n) is 15.4. The van der Waals surface area contributed by atoms with Crippen molar-refractivity contribution in [2.45, 2.75) is 69.5 Å². The third-order valence-corrected chi connectivity index (χ3v) is 7.94. The predicted octanol–water partition coefficient (Wildman–Crippen LogP) is 3.42. The molecule has 45 heavy (non-hydrogen) atoms. The van der Waals surface area contributed by atoms with Crippen LogP contribution in [0.1, 0.15) is 50.5 Å². The van der Waals surface area contributed by atoms with Gasteiger partial charge < -0.3 is 38.1 Å². The van der Waals surface area contributed by atoms with E-state index in [9.17, 15) is 19.2 Å². The van der Waals surface area contributed by atoms with Crippen molar-refractivity contribution >= 4 is 46.4 Å². The molecule has 3 aromatic carbocycles. The van der Waals surface area contributed by atoms with Crippen LogP contribution in [0, 0.1) is 0 Å². The number of amides is 4. The number of anilines is 4. The predicted molar refractivity (Wildman–Crippen MR) is 177 cm³/mol. The number of unbranched alkanes of at least 4 members (excludes halogenated alkanes) is 2. The zero-order chi connectivity index (χ0) is 32.2. The number of nitrogens with one attached hydrogen (secondary N) is 3. The van der Waals surface area contributed by atoms with Crippen LogP contribution in [0.25, 0.3) is 0 Å². The molecule has 0 radical (unpaired) electrons. The summed E-state index contributed by atoms with van der Waals surface area (Å²) in [6.07, 6.45) is 3.98. The summed E-state index contributed by atoms with van der Waals surface area (Å²) in [5.41, 5.74) is 21.1. The van der Waals surface area contributed by atoms with Gasteiger partial charge in [0, 0.05) is 13.0 Å². The Labute approximate surface area is 263 Å². The van der Waals surface area contributed by atoms with Crippen molar-refractivity contribution in [1.29, 1.82) is 0 Å². The van der Waals surface area contributed by atoms with Gasteiger partial charge in [-0.25, -0.2) is 0 Å². The van der Waals surface area contributed by atoms with E-state index in [-0.39, 0.29) is 11.8 Å². The molecule has 0 saturated carbocycles. The molecular formula is C34H43N7O4. The van der Waals surface area contributed by atoms with Gasteiger partial charge in [0.2, 0.25) is 23.6 Å². The highest BCUT2D eigenvalue weighted by atomic mass is 16.2. The molecule has 0 bridgehead atoms. The molecule has 1 heterocycles. The van der Waals surface area contributed by atoms with Gasteiger partial charge in [-0.3, -0.25) is 19.2 Å². The van der Waals surface area contributed by atoms with Gasteiger partial charge in [0.05, 0.1) is 28.8 Å². The lowest BCUT2D eigenvalue weighted by Gasteiger charge is -2.28. The lowest BCUT2D eigenvalue weighted by molar-refractivity contribution is -0.140. The highest BCUT2D eigenvalue weighted by molar-refractivity contribution is 6.00. The lowest BCUT2D eigenvalue weighted by atomic mass is 10.0. The van der Waals surface area contributed by atoms with Crippen molar-refractivity contribution in [3.05, 3.63) is 84.4 Å². The number of para-hydroxylation sites is 4. The molecule has 4 amide bonds. The summed E-state index contributed by atoms with van der Waals surface area (Å²) in [6.45, 7) is 0.424. The number of carbonyl (C=O) groups is 4. The first kappa shape index (κ1) is 33.0. The summed E-state index contributed by atoms with van der Waals surface area (Å²) in [7, 11) is 0. The molecule has 1 fully saturated rings. The van der Waals surface area contributed by atoms with Crippen molar-refractivity contribution < 1.29 is 19.2 Å². The average Bonchev–Trinajstić information content (AvgIpc) is 3.53. The zero-order valence-electron chi connectivity index (χ0n) is 25.4. The maximum Gasteiger partial charge on any atom is 0.247 e. The van der Waals surface area contributed by atoms with Crippen LogP contribution in [-0.4, -0.2) is 53.2 Å². The molecule has 0 spiro atoms. The van der Waals surface area contributed by atoms with Crippen LogP contribution in [0.5, 0.6) is 0 Å². The first-order valence-corrected chi connectivity index (χ1v) is 15.4. The van der Waals surface area contributed by atoms with E-state index in [1.54, 1.807) is 48.5 Å². The van der Waals surface area contributed by atoms with E-state index in [0.717, 1.165) is 5.56 Å². The SMILES string of the molecule is Nc1ccccc1NC(=O)CCCCC[C@H](NC(=O)[C@@H]1CCCN1C(=O)[C@@H](N)Cc1ccccc1)C(=O)Nc1ccccc1N. The molecular weight excluding hydrogens is 570 g/mol. The summed E-state index contributed by atoms with van der Waals surface area (Å²) in [6, 6.07) is 21.1. The van der Waals surface area contributed by atoms with Crippen LogP contribution in [-0.2, 0) is 25.6 Å². The molecule has 238 valence electrons. The van der Waals surface area contributed by atoms with E-state index >= 15 is 0 Å². The minimum Gasteiger partial charge on any atom is -0.397 e. The van der Waals surface area contributed by atoms with Crippen LogP contribution in [0.4, 0.5) is 22.7 Å². The molecule has 9 N–H and O–H groups in total. The van der Waals surface area contributed by atoms with Crippen molar-refractivity contribution in [1.82, 2.24) is 10.2 Å². The first-order chi connectivity index (χ1) is 21.7.